The Morgan fingerprint density at radius 1 is 1.00 bits per heavy atom. The number of carbonyl (C=O) groups excluding carboxylic acids is 1. The molecule has 1 aromatic heterocycles. The lowest BCUT2D eigenvalue weighted by Gasteiger charge is -2.15. The van der Waals surface area contributed by atoms with Crippen molar-refractivity contribution in [1.82, 2.24) is 4.57 Å². The van der Waals surface area contributed by atoms with Crippen molar-refractivity contribution in [2.45, 2.75) is 13.8 Å². The van der Waals surface area contributed by atoms with E-state index in [9.17, 15) is 14.7 Å². The van der Waals surface area contributed by atoms with E-state index in [-0.39, 0.29) is 5.56 Å². The molecule has 0 saturated heterocycles. The van der Waals surface area contributed by atoms with Crippen molar-refractivity contribution in [2.24, 2.45) is 5.73 Å². The Bertz CT molecular complexity index is 986. The van der Waals surface area contributed by atoms with Gasteiger partial charge in [0.2, 0.25) is 5.91 Å². The molecule has 126 valence electrons. The molecule has 0 aliphatic rings. The fraction of sp³-hybridized carbons (Fsp3) is 0.100. The third-order valence-corrected chi connectivity index (χ3v) is 4.26. The maximum atomic E-state index is 11.5. The molecule has 0 unspecified atom stereocenters. The third-order valence-electron chi connectivity index (χ3n) is 4.26. The Kier molecular flexibility index (Phi) is 4.15. The Hall–Kier alpha value is -3.34. The standard InChI is InChI=1S/C20H18N2O3/c1-12-10-17(20(24)25)13(2)22(12)18-9-4-3-8-16(18)14-6-5-7-15(11-14)19(21)23/h3-11H,1-2H3,(H2,21,23)(H,24,25). The molecule has 1 amide bonds. The lowest BCUT2D eigenvalue weighted by atomic mass is 10.0. The minimum atomic E-state index is -0.951. The monoisotopic (exact) mass is 334 g/mol. The van der Waals surface area contributed by atoms with E-state index in [0.717, 1.165) is 22.5 Å². The molecule has 3 rings (SSSR count). The van der Waals surface area contributed by atoms with E-state index in [1.54, 1.807) is 31.2 Å². The number of hydrogen-bond acceptors (Lipinski definition) is 2. The number of benzene rings is 2. The van der Waals surface area contributed by atoms with Crippen LogP contribution in [0.1, 0.15) is 32.1 Å². The highest BCUT2D eigenvalue weighted by Gasteiger charge is 2.18. The number of aromatic carboxylic acids is 1. The molecule has 25 heavy (non-hydrogen) atoms. The molecule has 5 nitrogen and oxygen atoms in total. The molecule has 0 fully saturated rings. The SMILES string of the molecule is Cc1cc(C(=O)O)c(C)n1-c1ccccc1-c1cccc(C(N)=O)c1. The van der Waals surface area contributed by atoms with Gasteiger partial charge in [0.1, 0.15) is 0 Å². The highest BCUT2D eigenvalue weighted by molar-refractivity contribution is 5.94. The normalized spacial score (nSPS) is 10.6. The van der Waals surface area contributed by atoms with Crippen LogP contribution in [-0.2, 0) is 0 Å². The van der Waals surface area contributed by atoms with Crippen LogP contribution in [0.4, 0.5) is 0 Å². The van der Waals surface area contributed by atoms with E-state index in [1.165, 1.54) is 0 Å². The van der Waals surface area contributed by atoms with E-state index in [2.05, 4.69) is 0 Å². The molecule has 3 aromatic rings. The Morgan fingerprint density at radius 2 is 1.72 bits per heavy atom. The van der Waals surface area contributed by atoms with Gasteiger partial charge in [0.25, 0.3) is 0 Å². The maximum absolute atomic E-state index is 11.5. The first-order valence-electron chi connectivity index (χ1n) is 7.82. The number of carboxylic acid groups (broad SMARTS) is 1. The van der Waals surface area contributed by atoms with E-state index in [4.69, 9.17) is 5.73 Å². The van der Waals surface area contributed by atoms with Crippen molar-refractivity contribution in [3.63, 3.8) is 0 Å². The molecule has 0 radical (unpaired) electrons. The van der Waals surface area contributed by atoms with Gasteiger partial charge in [0.15, 0.2) is 0 Å². The number of rotatable bonds is 4. The third kappa shape index (κ3) is 2.92. The molecule has 0 spiro atoms. The van der Waals surface area contributed by atoms with Gasteiger partial charge in [0, 0.05) is 22.5 Å². The zero-order chi connectivity index (χ0) is 18.1. The molecule has 3 N–H and O–H groups in total. The smallest absolute Gasteiger partial charge is 0.337 e. The fourth-order valence-electron chi connectivity index (χ4n) is 3.10. The van der Waals surface area contributed by atoms with E-state index in [1.807, 2.05) is 41.8 Å². The highest BCUT2D eigenvalue weighted by atomic mass is 16.4. The highest BCUT2D eigenvalue weighted by Crippen LogP contribution is 2.30. The molecular weight excluding hydrogens is 316 g/mol. The molecule has 0 atom stereocenters. The molecular formula is C20H18N2O3. The van der Waals surface area contributed by atoms with Crippen LogP contribution in [0.5, 0.6) is 0 Å². The maximum Gasteiger partial charge on any atom is 0.337 e. The second kappa shape index (κ2) is 6.28. The van der Waals surface area contributed by atoms with Crippen LogP contribution >= 0.6 is 0 Å². The zero-order valence-electron chi connectivity index (χ0n) is 14.0. The van der Waals surface area contributed by atoms with Crippen molar-refractivity contribution in [1.29, 1.82) is 0 Å². The number of amides is 1. The van der Waals surface area contributed by atoms with Crippen LogP contribution < -0.4 is 5.73 Å². The van der Waals surface area contributed by atoms with Gasteiger partial charge in [-0.1, -0.05) is 30.3 Å². The zero-order valence-corrected chi connectivity index (χ0v) is 14.0. The molecule has 2 aromatic carbocycles. The number of aromatic nitrogens is 1. The van der Waals surface area contributed by atoms with Crippen LogP contribution in [0.3, 0.4) is 0 Å². The molecule has 0 bridgehead atoms. The van der Waals surface area contributed by atoms with Crippen LogP contribution in [0.25, 0.3) is 16.8 Å². The predicted molar refractivity (Wildman–Crippen MR) is 96.2 cm³/mol. The van der Waals surface area contributed by atoms with E-state index < -0.39 is 11.9 Å². The van der Waals surface area contributed by atoms with Crippen LogP contribution in [0.2, 0.25) is 0 Å². The van der Waals surface area contributed by atoms with E-state index in [0.29, 0.717) is 11.3 Å². The Morgan fingerprint density at radius 3 is 2.36 bits per heavy atom. The summed E-state index contributed by atoms with van der Waals surface area (Å²) in [6, 6.07) is 16.4. The van der Waals surface area contributed by atoms with Gasteiger partial charge in [-0.25, -0.2) is 4.79 Å². The lowest BCUT2D eigenvalue weighted by Crippen LogP contribution is -2.10. The fourth-order valence-corrected chi connectivity index (χ4v) is 3.10. The Labute approximate surface area is 145 Å². The van der Waals surface area contributed by atoms with Crippen LogP contribution in [-0.4, -0.2) is 21.6 Å². The summed E-state index contributed by atoms with van der Waals surface area (Å²) >= 11 is 0. The van der Waals surface area contributed by atoms with Gasteiger partial charge in [0.05, 0.1) is 11.3 Å². The van der Waals surface area contributed by atoms with Gasteiger partial charge in [-0.3, -0.25) is 4.79 Å². The minimum absolute atomic E-state index is 0.276. The van der Waals surface area contributed by atoms with Gasteiger partial charge in [-0.05, 0) is 43.7 Å². The van der Waals surface area contributed by atoms with Crippen molar-refractivity contribution >= 4 is 11.9 Å². The van der Waals surface area contributed by atoms with Gasteiger partial charge >= 0.3 is 5.97 Å². The number of carboxylic acids is 1. The van der Waals surface area contributed by atoms with Crippen molar-refractivity contribution in [3.8, 4) is 16.8 Å². The summed E-state index contributed by atoms with van der Waals surface area (Å²) in [5, 5.41) is 9.37. The number of nitrogens with two attached hydrogens (primary N) is 1. The first-order chi connectivity index (χ1) is 11.9. The van der Waals surface area contributed by atoms with Crippen LogP contribution in [0, 0.1) is 13.8 Å². The number of aryl methyl sites for hydroxylation is 1. The van der Waals surface area contributed by atoms with E-state index >= 15 is 0 Å². The average Bonchev–Trinajstić information content (AvgIpc) is 2.89. The first kappa shape index (κ1) is 16.5. The minimum Gasteiger partial charge on any atom is -0.478 e. The second-order valence-electron chi connectivity index (χ2n) is 5.89. The summed E-state index contributed by atoms with van der Waals surface area (Å²) < 4.78 is 1.91. The molecule has 1 heterocycles. The molecule has 0 aliphatic carbocycles. The molecule has 5 heteroatoms. The van der Waals surface area contributed by atoms with Gasteiger partial charge < -0.3 is 15.4 Å². The molecule has 0 saturated carbocycles. The summed E-state index contributed by atoms with van der Waals surface area (Å²) in [6.45, 7) is 3.66. The first-order valence-corrected chi connectivity index (χ1v) is 7.82. The quantitative estimate of drug-likeness (QED) is 0.765. The lowest BCUT2D eigenvalue weighted by molar-refractivity contribution is 0.0696. The van der Waals surface area contributed by atoms with Crippen LogP contribution in [0.15, 0.2) is 54.6 Å². The summed E-state index contributed by atoms with van der Waals surface area (Å²) in [5.41, 5.74) is 10.2. The average molecular weight is 334 g/mol. The number of nitrogens with zero attached hydrogens (tertiary/aromatic N) is 1. The summed E-state index contributed by atoms with van der Waals surface area (Å²) in [7, 11) is 0. The topological polar surface area (TPSA) is 85.3 Å². The van der Waals surface area contributed by atoms with Crippen molar-refractivity contribution in [3.05, 3.63) is 77.1 Å². The van der Waals surface area contributed by atoms with Gasteiger partial charge in [-0.2, -0.15) is 0 Å². The molecule has 0 aliphatic heterocycles. The van der Waals surface area contributed by atoms with Crippen molar-refractivity contribution < 1.29 is 14.7 Å². The largest absolute Gasteiger partial charge is 0.478 e. The number of hydrogen-bond donors (Lipinski definition) is 2. The predicted octanol–water partition coefficient (Wildman–Crippen LogP) is 3.56. The number of carbonyl (C=O) groups is 2. The van der Waals surface area contributed by atoms with Crippen molar-refractivity contribution in [2.75, 3.05) is 0 Å². The second-order valence-corrected chi connectivity index (χ2v) is 5.89. The summed E-state index contributed by atoms with van der Waals surface area (Å²) in [5.74, 6) is -1.44. The summed E-state index contributed by atoms with van der Waals surface area (Å²) in [4.78, 5) is 22.9. The number of para-hydroxylation sites is 1. The summed E-state index contributed by atoms with van der Waals surface area (Å²) in [6.07, 6.45) is 0. The number of primary amides is 1. The van der Waals surface area contributed by atoms with Gasteiger partial charge in [-0.15, -0.1) is 0 Å². The Balaban J connectivity index is 2.23.